The van der Waals surface area contributed by atoms with Gasteiger partial charge in [0.1, 0.15) is 0 Å². The van der Waals surface area contributed by atoms with Crippen molar-refractivity contribution in [3.05, 3.63) is 29.3 Å². The van der Waals surface area contributed by atoms with Crippen LogP contribution in [0.2, 0.25) is 0 Å². The van der Waals surface area contributed by atoms with Crippen molar-refractivity contribution in [1.29, 1.82) is 0 Å². The summed E-state index contributed by atoms with van der Waals surface area (Å²) >= 11 is 1.57. The third-order valence-corrected chi connectivity index (χ3v) is 3.38. The highest BCUT2D eigenvalue weighted by molar-refractivity contribution is 7.98. The van der Waals surface area contributed by atoms with E-state index in [2.05, 4.69) is 64.1 Å². The lowest BCUT2D eigenvalue weighted by Gasteiger charge is -2.17. The van der Waals surface area contributed by atoms with E-state index in [0.717, 1.165) is 0 Å². The van der Waals surface area contributed by atoms with Crippen molar-refractivity contribution in [3.8, 4) is 0 Å². The molecule has 0 heterocycles. The van der Waals surface area contributed by atoms with Crippen LogP contribution in [0.4, 0.5) is 0 Å². The smallest absolute Gasteiger partial charge is 0.0310 e. The van der Waals surface area contributed by atoms with Crippen LogP contribution in [0.5, 0.6) is 0 Å². The number of rotatable bonds is 2. The molecule has 0 aromatic heterocycles. The second-order valence-corrected chi connectivity index (χ2v) is 6.18. The standard InChI is InChI=1S/C14H21NS/c1-10-7-11(2)9-13(8-10)16-15-12(3)14(4,5)6/h7-9H,1-6H3/b15-12+. The molecule has 0 spiro atoms. The lowest BCUT2D eigenvalue weighted by molar-refractivity contribution is 0.589. The van der Waals surface area contributed by atoms with E-state index < -0.39 is 0 Å². The van der Waals surface area contributed by atoms with Crippen LogP contribution in [0.15, 0.2) is 27.5 Å². The fourth-order valence-corrected chi connectivity index (χ4v) is 2.24. The van der Waals surface area contributed by atoms with Gasteiger partial charge in [-0.1, -0.05) is 26.8 Å². The van der Waals surface area contributed by atoms with E-state index in [1.807, 2.05) is 0 Å². The fraction of sp³-hybridized carbons (Fsp3) is 0.500. The van der Waals surface area contributed by atoms with Crippen LogP contribution in [-0.2, 0) is 0 Å². The summed E-state index contributed by atoms with van der Waals surface area (Å²) in [6, 6.07) is 6.54. The monoisotopic (exact) mass is 235 g/mol. The van der Waals surface area contributed by atoms with Crippen LogP contribution < -0.4 is 0 Å². The minimum absolute atomic E-state index is 0.159. The van der Waals surface area contributed by atoms with Gasteiger partial charge in [-0.15, -0.1) is 0 Å². The molecule has 0 saturated carbocycles. The van der Waals surface area contributed by atoms with Gasteiger partial charge in [-0.2, -0.15) is 0 Å². The van der Waals surface area contributed by atoms with E-state index in [-0.39, 0.29) is 5.41 Å². The maximum Gasteiger partial charge on any atom is 0.0310 e. The first-order valence-electron chi connectivity index (χ1n) is 5.59. The van der Waals surface area contributed by atoms with Gasteiger partial charge in [0, 0.05) is 28.0 Å². The van der Waals surface area contributed by atoms with Crippen LogP contribution >= 0.6 is 11.9 Å². The second kappa shape index (κ2) is 5.05. The molecule has 0 amide bonds. The number of nitrogens with zero attached hydrogens (tertiary/aromatic N) is 1. The Morgan fingerprint density at radius 3 is 2.00 bits per heavy atom. The molecule has 0 aliphatic heterocycles. The van der Waals surface area contributed by atoms with E-state index in [0.29, 0.717) is 0 Å². The molecule has 16 heavy (non-hydrogen) atoms. The normalized spacial score (nSPS) is 13.0. The molecule has 2 heteroatoms. The molecular weight excluding hydrogens is 214 g/mol. The number of hydrogen-bond donors (Lipinski definition) is 0. The number of benzene rings is 1. The topological polar surface area (TPSA) is 12.4 Å². The van der Waals surface area contributed by atoms with Crippen molar-refractivity contribution in [2.75, 3.05) is 0 Å². The third-order valence-electron chi connectivity index (χ3n) is 2.57. The molecule has 1 aromatic carbocycles. The van der Waals surface area contributed by atoms with E-state index in [9.17, 15) is 0 Å². The fourth-order valence-electron chi connectivity index (χ4n) is 1.24. The molecule has 1 rings (SSSR count). The van der Waals surface area contributed by atoms with E-state index in [4.69, 9.17) is 0 Å². The molecular formula is C14H21NS. The summed E-state index contributed by atoms with van der Waals surface area (Å²) in [5, 5.41) is 0. The largest absolute Gasteiger partial charge is 0.220 e. The number of hydrogen-bond acceptors (Lipinski definition) is 2. The Balaban J connectivity index is 2.82. The summed E-state index contributed by atoms with van der Waals surface area (Å²) in [6.07, 6.45) is 0. The van der Waals surface area contributed by atoms with Gasteiger partial charge in [-0.05, 0) is 44.0 Å². The van der Waals surface area contributed by atoms with Gasteiger partial charge in [0.15, 0.2) is 0 Å². The van der Waals surface area contributed by atoms with E-state index in [1.165, 1.54) is 21.7 Å². The van der Waals surface area contributed by atoms with Crippen molar-refractivity contribution in [2.45, 2.75) is 46.4 Å². The van der Waals surface area contributed by atoms with Crippen molar-refractivity contribution >= 4 is 17.7 Å². The van der Waals surface area contributed by atoms with Gasteiger partial charge >= 0.3 is 0 Å². The minimum atomic E-state index is 0.159. The molecule has 0 fully saturated rings. The summed E-state index contributed by atoms with van der Waals surface area (Å²) in [4.78, 5) is 1.22. The Morgan fingerprint density at radius 2 is 1.56 bits per heavy atom. The van der Waals surface area contributed by atoms with Crippen molar-refractivity contribution in [2.24, 2.45) is 9.81 Å². The Labute approximate surface area is 104 Å². The van der Waals surface area contributed by atoms with Gasteiger partial charge in [-0.3, -0.25) is 0 Å². The predicted octanol–water partition coefficient (Wildman–Crippen LogP) is 4.82. The van der Waals surface area contributed by atoms with Crippen LogP contribution in [0, 0.1) is 19.3 Å². The highest BCUT2D eigenvalue weighted by Gasteiger charge is 2.14. The van der Waals surface area contributed by atoms with Gasteiger partial charge in [-0.25, -0.2) is 4.40 Å². The second-order valence-electron chi connectivity index (χ2n) is 5.34. The average molecular weight is 235 g/mol. The maximum atomic E-state index is 4.58. The molecule has 0 unspecified atom stereocenters. The summed E-state index contributed by atoms with van der Waals surface area (Å²) in [7, 11) is 0. The first-order chi connectivity index (χ1) is 7.29. The predicted molar refractivity (Wildman–Crippen MR) is 74.3 cm³/mol. The molecule has 0 aliphatic carbocycles. The Bertz CT molecular complexity index is 379. The minimum Gasteiger partial charge on any atom is -0.220 e. The molecule has 0 aliphatic rings. The van der Waals surface area contributed by atoms with Gasteiger partial charge in [0.25, 0.3) is 0 Å². The van der Waals surface area contributed by atoms with Gasteiger partial charge < -0.3 is 0 Å². The molecule has 0 bridgehead atoms. The van der Waals surface area contributed by atoms with Crippen molar-refractivity contribution in [1.82, 2.24) is 0 Å². The van der Waals surface area contributed by atoms with E-state index in [1.54, 1.807) is 11.9 Å². The Morgan fingerprint density at radius 1 is 1.06 bits per heavy atom. The van der Waals surface area contributed by atoms with Crippen LogP contribution in [0.1, 0.15) is 38.8 Å². The third kappa shape index (κ3) is 4.01. The Kier molecular flexibility index (Phi) is 4.20. The number of aryl methyl sites for hydroxylation is 2. The quantitative estimate of drug-likeness (QED) is 0.529. The van der Waals surface area contributed by atoms with Crippen LogP contribution in [0.3, 0.4) is 0 Å². The van der Waals surface area contributed by atoms with Gasteiger partial charge in [0.05, 0.1) is 0 Å². The summed E-state index contributed by atoms with van der Waals surface area (Å²) in [6.45, 7) is 12.9. The molecule has 0 N–H and O–H groups in total. The average Bonchev–Trinajstić information content (AvgIpc) is 2.11. The molecule has 88 valence electrons. The molecule has 0 radical (unpaired) electrons. The molecule has 1 nitrogen and oxygen atoms in total. The molecule has 1 aromatic rings. The maximum absolute atomic E-state index is 4.58. The lowest BCUT2D eigenvalue weighted by Crippen LogP contribution is -2.15. The summed E-state index contributed by atoms with van der Waals surface area (Å²) in [5.41, 5.74) is 3.93. The SMILES string of the molecule is C/C(=N\Sc1cc(C)cc(C)c1)C(C)(C)C. The zero-order valence-electron chi connectivity index (χ0n) is 11.1. The summed E-state index contributed by atoms with van der Waals surface area (Å²) in [5.74, 6) is 0. The van der Waals surface area contributed by atoms with Gasteiger partial charge in [0.2, 0.25) is 0 Å². The van der Waals surface area contributed by atoms with Crippen LogP contribution in [0.25, 0.3) is 0 Å². The first-order valence-corrected chi connectivity index (χ1v) is 6.37. The molecule has 0 saturated heterocycles. The van der Waals surface area contributed by atoms with E-state index >= 15 is 0 Å². The highest BCUT2D eigenvalue weighted by atomic mass is 32.2. The first kappa shape index (κ1) is 13.3. The summed E-state index contributed by atoms with van der Waals surface area (Å²) < 4.78 is 4.58. The highest BCUT2D eigenvalue weighted by Crippen LogP contribution is 2.25. The van der Waals surface area contributed by atoms with Crippen molar-refractivity contribution in [3.63, 3.8) is 0 Å². The molecule has 0 atom stereocenters. The lowest BCUT2D eigenvalue weighted by atomic mass is 9.91. The zero-order valence-corrected chi connectivity index (χ0v) is 11.9. The van der Waals surface area contributed by atoms with Crippen molar-refractivity contribution < 1.29 is 0 Å². The zero-order chi connectivity index (χ0) is 12.3. The Hall–Kier alpha value is -0.760. The van der Waals surface area contributed by atoms with Crippen LogP contribution in [-0.4, -0.2) is 5.71 Å².